The van der Waals surface area contributed by atoms with Crippen molar-refractivity contribution in [3.63, 3.8) is 0 Å². The Bertz CT molecular complexity index is 1090. The van der Waals surface area contributed by atoms with Crippen molar-refractivity contribution < 1.29 is 28.6 Å². The highest BCUT2D eigenvalue weighted by Gasteiger charge is 2.36. The van der Waals surface area contributed by atoms with Gasteiger partial charge in [-0.15, -0.1) is 0 Å². The molecule has 0 spiro atoms. The third-order valence-corrected chi connectivity index (χ3v) is 6.27. The molecule has 2 amide bonds. The second kappa shape index (κ2) is 11.6. The fraction of sp³-hybridized carbons (Fsp3) is 0.261. The van der Waals surface area contributed by atoms with E-state index in [0.29, 0.717) is 39.8 Å². The molecule has 0 bridgehead atoms. The molecule has 0 unspecified atom stereocenters. The molecular weight excluding hydrogens is 534 g/mol. The first kappa shape index (κ1) is 25.1. The van der Waals surface area contributed by atoms with Gasteiger partial charge in [0.15, 0.2) is 11.5 Å². The molecule has 0 atom stereocenters. The fourth-order valence-electron chi connectivity index (χ4n) is 2.90. The van der Waals surface area contributed by atoms with Gasteiger partial charge in [-0.3, -0.25) is 19.3 Å². The van der Waals surface area contributed by atoms with Crippen molar-refractivity contribution in [2.45, 2.75) is 20.5 Å². The number of esters is 1. The summed E-state index contributed by atoms with van der Waals surface area (Å²) < 4.78 is 17.1. The van der Waals surface area contributed by atoms with Gasteiger partial charge in [0, 0.05) is 9.50 Å². The zero-order chi connectivity index (χ0) is 24.0. The molecule has 0 saturated carbocycles. The van der Waals surface area contributed by atoms with Gasteiger partial charge in [-0.1, -0.05) is 39.7 Å². The zero-order valence-corrected chi connectivity index (χ0v) is 21.1. The van der Waals surface area contributed by atoms with Crippen molar-refractivity contribution in [2.75, 3.05) is 19.8 Å². The van der Waals surface area contributed by atoms with E-state index in [9.17, 15) is 14.4 Å². The Hall–Kier alpha value is -2.49. The lowest BCUT2D eigenvalue weighted by Gasteiger charge is -2.14. The number of rotatable bonds is 9. The third kappa shape index (κ3) is 6.52. The number of benzene rings is 2. The standard InChI is InChI=1S/C23H21BrClNO6S/c1-3-30-18-9-15(10-20-22(28)26(23(29)33-20)12-21(27)31-4-2)17(24)11-19(18)32-13-14-5-7-16(25)8-6-14/h5-11H,3-4,12-13H2,1-2H3/b20-10+. The summed E-state index contributed by atoms with van der Waals surface area (Å²) in [5.41, 5.74) is 1.57. The molecule has 10 heteroatoms. The van der Waals surface area contributed by atoms with E-state index in [1.165, 1.54) is 0 Å². The van der Waals surface area contributed by atoms with E-state index < -0.39 is 23.7 Å². The number of hydrogen-bond acceptors (Lipinski definition) is 7. The Kier molecular flexibility index (Phi) is 8.82. The van der Waals surface area contributed by atoms with Gasteiger partial charge in [0.1, 0.15) is 13.2 Å². The van der Waals surface area contributed by atoms with Crippen LogP contribution in [0.1, 0.15) is 25.0 Å². The zero-order valence-electron chi connectivity index (χ0n) is 17.9. The van der Waals surface area contributed by atoms with Crippen LogP contribution in [0.4, 0.5) is 4.79 Å². The number of ether oxygens (including phenoxy) is 3. The summed E-state index contributed by atoms with van der Waals surface area (Å²) >= 11 is 10.2. The molecule has 0 aliphatic carbocycles. The predicted octanol–water partition coefficient (Wildman–Crippen LogP) is 5.68. The maximum atomic E-state index is 12.7. The average Bonchev–Trinajstić information content (AvgIpc) is 3.03. The molecule has 3 rings (SSSR count). The van der Waals surface area contributed by atoms with Crippen molar-refractivity contribution >= 4 is 62.5 Å². The van der Waals surface area contributed by atoms with Crippen LogP contribution < -0.4 is 9.47 Å². The van der Waals surface area contributed by atoms with Gasteiger partial charge < -0.3 is 14.2 Å². The van der Waals surface area contributed by atoms with Crippen molar-refractivity contribution in [1.82, 2.24) is 4.90 Å². The van der Waals surface area contributed by atoms with Gasteiger partial charge in [0.05, 0.1) is 18.1 Å². The molecule has 0 radical (unpaired) electrons. The molecule has 33 heavy (non-hydrogen) atoms. The molecule has 1 aliphatic rings. The van der Waals surface area contributed by atoms with Crippen molar-refractivity contribution in [2.24, 2.45) is 0 Å². The van der Waals surface area contributed by atoms with E-state index in [-0.39, 0.29) is 11.5 Å². The third-order valence-electron chi connectivity index (χ3n) is 4.42. The molecule has 1 heterocycles. The highest BCUT2D eigenvalue weighted by atomic mass is 79.9. The maximum absolute atomic E-state index is 12.7. The van der Waals surface area contributed by atoms with Crippen molar-refractivity contribution in [3.05, 3.63) is 61.9 Å². The second-order valence-electron chi connectivity index (χ2n) is 6.74. The average molecular weight is 555 g/mol. The summed E-state index contributed by atoms with van der Waals surface area (Å²) in [4.78, 5) is 37.7. The van der Waals surface area contributed by atoms with Crippen LogP contribution in [0.5, 0.6) is 11.5 Å². The molecular formula is C23H21BrClNO6S. The van der Waals surface area contributed by atoms with E-state index in [2.05, 4.69) is 15.9 Å². The molecule has 2 aromatic carbocycles. The van der Waals surface area contributed by atoms with Crippen LogP contribution in [0.25, 0.3) is 6.08 Å². The van der Waals surface area contributed by atoms with Gasteiger partial charge >= 0.3 is 5.97 Å². The largest absolute Gasteiger partial charge is 0.490 e. The summed E-state index contributed by atoms with van der Waals surface area (Å²) in [5.74, 6) is -0.174. The van der Waals surface area contributed by atoms with Crippen molar-refractivity contribution in [1.29, 1.82) is 0 Å². The SMILES string of the molecule is CCOC(=O)CN1C(=O)S/C(=C/c2cc(OCC)c(OCc3ccc(Cl)cc3)cc2Br)C1=O. The highest BCUT2D eigenvalue weighted by Crippen LogP contribution is 2.38. The number of imide groups is 1. The topological polar surface area (TPSA) is 82.1 Å². The van der Waals surface area contributed by atoms with E-state index in [0.717, 1.165) is 22.2 Å². The van der Waals surface area contributed by atoms with E-state index >= 15 is 0 Å². The summed E-state index contributed by atoms with van der Waals surface area (Å²) in [7, 11) is 0. The number of carbonyl (C=O) groups is 3. The van der Waals surface area contributed by atoms with E-state index in [1.54, 1.807) is 37.3 Å². The van der Waals surface area contributed by atoms with Crippen LogP contribution in [0, 0.1) is 0 Å². The molecule has 174 valence electrons. The number of carbonyl (C=O) groups excluding carboxylic acids is 3. The molecule has 1 fully saturated rings. The van der Waals surface area contributed by atoms with Crippen LogP contribution in [0.3, 0.4) is 0 Å². The Morgan fingerprint density at radius 2 is 1.79 bits per heavy atom. The number of thioether (sulfide) groups is 1. The summed E-state index contributed by atoms with van der Waals surface area (Å²) in [6.45, 7) is 3.99. The minimum atomic E-state index is -0.636. The van der Waals surface area contributed by atoms with Crippen LogP contribution in [-0.2, 0) is 20.9 Å². The first-order valence-electron chi connectivity index (χ1n) is 10.1. The molecule has 0 N–H and O–H groups in total. The first-order valence-corrected chi connectivity index (χ1v) is 12.1. The minimum Gasteiger partial charge on any atom is -0.490 e. The monoisotopic (exact) mass is 553 g/mol. The Morgan fingerprint density at radius 3 is 2.45 bits per heavy atom. The molecule has 1 saturated heterocycles. The van der Waals surface area contributed by atoms with Gasteiger partial charge in [-0.2, -0.15) is 0 Å². The van der Waals surface area contributed by atoms with Crippen molar-refractivity contribution in [3.8, 4) is 11.5 Å². The number of halogens is 2. The normalized spacial score (nSPS) is 14.7. The second-order valence-corrected chi connectivity index (χ2v) is 9.03. The highest BCUT2D eigenvalue weighted by molar-refractivity contribution is 9.10. The Balaban J connectivity index is 1.81. The fourth-order valence-corrected chi connectivity index (χ4v) is 4.29. The quantitative estimate of drug-likeness (QED) is 0.291. The first-order chi connectivity index (χ1) is 15.8. The number of nitrogens with zero attached hydrogens (tertiary/aromatic N) is 1. The summed E-state index contributed by atoms with van der Waals surface area (Å²) in [5, 5.41) is 0.121. The molecule has 1 aliphatic heterocycles. The van der Waals surface area contributed by atoms with Gasteiger partial charge in [0.2, 0.25) is 0 Å². The summed E-state index contributed by atoms with van der Waals surface area (Å²) in [6, 6.07) is 10.8. The maximum Gasteiger partial charge on any atom is 0.326 e. The molecule has 0 aromatic heterocycles. The van der Waals surface area contributed by atoms with E-state index in [1.807, 2.05) is 19.1 Å². The van der Waals surface area contributed by atoms with E-state index in [4.69, 9.17) is 25.8 Å². The Morgan fingerprint density at radius 1 is 1.09 bits per heavy atom. The van der Waals surface area contributed by atoms with Crippen LogP contribution >= 0.6 is 39.3 Å². The number of amides is 2. The van der Waals surface area contributed by atoms with Crippen LogP contribution in [-0.4, -0.2) is 41.8 Å². The number of hydrogen-bond donors (Lipinski definition) is 0. The lowest BCUT2D eigenvalue weighted by molar-refractivity contribution is -0.145. The minimum absolute atomic E-state index is 0.171. The van der Waals surface area contributed by atoms with Crippen LogP contribution in [0.2, 0.25) is 5.02 Å². The lowest BCUT2D eigenvalue weighted by Crippen LogP contribution is -2.34. The molecule has 2 aromatic rings. The van der Waals surface area contributed by atoms with Gasteiger partial charge in [-0.25, -0.2) is 0 Å². The lowest BCUT2D eigenvalue weighted by atomic mass is 10.1. The van der Waals surface area contributed by atoms with Gasteiger partial charge in [0.25, 0.3) is 11.1 Å². The predicted molar refractivity (Wildman–Crippen MR) is 130 cm³/mol. The Labute approximate surface area is 209 Å². The molecule has 7 nitrogen and oxygen atoms in total. The van der Waals surface area contributed by atoms with Crippen LogP contribution in [0.15, 0.2) is 45.8 Å². The summed E-state index contributed by atoms with van der Waals surface area (Å²) in [6.07, 6.45) is 1.58. The van der Waals surface area contributed by atoms with Gasteiger partial charge in [-0.05, 0) is 67.1 Å². The smallest absolute Gasteiger partial charge is 0.326 e.